The first-order valence-electron chi connectivity index (χ1n) is 8.23. The highest BCUT2D eigenvalue weighted by molar-refractivity contribution is 5.75. The van der Waals surface area contributed by atoms with E-state index in [1.54, 1.807) is 42.5 Å². The van der Waals surface area contributed by atoms with Gasteiger partial charge in [-0.1, -0.05) is 0 Å². The first-order chi connectivity index (χ1) is 12.6. The van der Waals surface area contributed by atoms with E-state index in [2.05, 4.69) is 15.4 Å². The van der Waals surface area contributed by atoms with E-state index in [0.717, 1.165) is 5.69 Å². The molecule has 0 radical (unpaired) electrons. The lowest BCUT2D eigenvalue weighted by atomic mass is 10.2. The van der Waals surface area contributed by atoms with Crippen LogP contribution < -0.4 is 10.1 Å². The number of imidazole rings is 1. The van der Waals surface area contributed by atoms with Gasteiger partial charge in [-0.05, 0) is 24.6 Å². The van der Waals surface area contributed by atoms with E-state index in [0.29, 0.717) is 30.8 Å². The molecule has 1 aromatic carbocycles. The Morgan fingerprint density at radius 1 is 1.38 bits per heavy atom. The molecule has 0 fully saturated rings. The number of methoxy groups -OCH3 is 1. The topological polar surface area (TPSA) is 74.0 Å². The molecular formula is C18H20FN5O2. The number of carbonyl (C=O) groups is 1. The zero-order chi connectivity index (χ0) is 18.5. The Morgan fingerprint density at radius 2 is 2.23 bits per heavy atom. The molecule has 0 aliphatic heterocycles. The van der Waals surface area contributed by atoms with Crippen molar-refractivity contribution >= 4 is 5.91 Å². The summed E-state index contributed by atoms with van der Waals surface area (Å²) in [5.74, 6) is 0.368. The zero-order valence-corrected chi connectivity index (χ0v) is 14.6. The molecule has 0 unspecified atom stereocenters. The Morgan fingerprint density at radius 3 is 2.96 bits per heavy atom. The minimum Gasteiger partial charge on any atom is -0.494 e. The normalized spacial score (nSPS) is 10.7. The van der Waals surface area contributed by atoms with Crippen LogP contribution in [0.1, 0.15) is 12.8 Å². The van der Waals surface area contributed by atoms with Crippen molar-refractivity contribution in [1.29, 1.82) is 0 Å². The van der Waals surface area contributed by atoms with Crippen LogP contribution in [0.15, 0.2) is 43.0 Å². The van der Waals surface area contributed by atoms with E-state index in [1.165, 1.54) is 13.2 Å². The third kappa shape index (κ3) is 3.74. The van der Waals surface area contributed by atoms with Gasteiger partial charge in [0, 0.05) is 44.2 Å². The molecule has 0 aliphatic rings. The summed E-state index contributed by atoms with van der Waals surface area (Å²) in [6, 6.07) is 4.73. The van der Waals surface area contributed by atoms with Gasteiger partial charge in [-0.3, -0.25) is 14.0 Å². The van der Waals surface area contributed by atoms with Crippen molar-refractivity contribution < 1.29 is 13.9 Å². The average Bonchev–Trinajstić information content (AvgIpc) is 3.30. The molecule has 7 nitrogen and oxygen atoms in total. The largest absolute Gasteiger partial charge is 0.494 e. The monoisotopic (exact) mass is 357 g/mol. The third-order valence-corrected chi connectivity index (χ3v) is 4.02. The van der Waals surface area contributed by atoms with Crippen molar-refractivity contribution in [2.24, 2.45) is 0 Å². The number of carbonyl (C=O) groups excluding carboxylic acids is 1. The number of nitrogens with one attached hydrogen (secondary N) is 1. The Hall–Kier alpha value is -3.16. The minimum atomic E-state index is -0.440. The molecule has 26 heavy (non-hydrogen) atoms. The fourth-order valence-corrected chi connectivity index (χ4v) is 2.66. The molecule has 0 bridgehead atoms. The summed E-state index contributed by atoms with van der Waals surface area (Å²) >= 11 is 0. The maximum atomic E-state index is 14.0. The number of halogens is 1. The SMILES string of the molecule is CNC(=O)CCCn1cc(-n2ccnc2-c2ccc(OC)c(F)c2)cn1. The molecular weight excluding hydrogens is 337 g/mol. The Balaban J connectivity index is 1.78. The van der Waals surface area contributed by atoms with Crippen molar-refractivity contribution in [3.63, 3.8) is 0 Å². The van der Waals surface area contributed by atoms with Gasteiger partial charge < -0.3 is 10.1 Å². The maximum Gasteiger partial charge on any atom is 0.219 e. The standard InChI is InChI=1S/C18H20FN5O2/c1-20-17(25)4-3-8-23-12-14(11-22-23)24-9-7-21-18(24)13-5-6-16(26-2)15(19)10-13/h5-7,9-12H,3-4,8H2,1-2H3,(H,20,25). The van der Waals surface area contributed by atoms with Crippen molar-refractivity contribution in [2.45, 2.75) is 19.4 Å². The van der Waals surface area contributed by atoms with E-state index in [4.69, 9.17) is 4.74 Å². The first kappa shape index (κ1) is 17.7. The molecule has 136 valence electrons. The lowest BCUT2D eigenvalue weighted by molar-refractivity contribution is -0.120. The highest BCUT2D eigenvalue weighted by Gasteiger charge is 2.12. The summed E-state index contributed by atoms with van der Waals surface area (Å²) in [7, 11) is 3.05. The summed E-state index contributed by atoms with van der Waals surface area (Å²) in [6.45, 7) is 0.634. The molecule has 0 saturated carbocycles. The van der Waals surface area contributed by atoms with E-state index in [1.807, 2.05) is 10.8 Å². The number of hydrogen-bond acceptors (Lipinski definition) is 4. The molecule has 0 atom stereocenters. The molecule has 2 aromatic heterocycles. The van der Waals surface area contributed by atoms with Crippen LogP contribution in [0.3, 0.4) is 0 Å². The molecule has 1 N–H and O–H groups in total. The molecule has 3 aromatic rings. The Kier molecular flexibility index (Phi) is 5.31. The summed E-state index contributed by atoms with van der Waals surface area (Å²) in [6.07, 6.45) is 8.18. The minimum absolute atomic E-state index is 0.0100. The average molecular weight is 357 g/mol. The third-order valence-electron chi connectivity index (χ3n) is 4.02. The maximum absolute atomic E-state index is 14.0. The highest BCUT2D eigenvalue weighted by Crippen LogP contribution is 2.26. The number of aryl methyl sites for hydroxylation is 1. The number of hydrogen-bond donors (Lipinski definition) is 1. The molecule has 0 aliphatic carbocycles. The lowest BCUT2D eigenvalue weighted by Crippen LogP contribution is -2.17. The van der Waals surface area contributed by atoms with Gasteiger partial charge in [-0.25, -0.2) is 9.37 Å². The van der Waals surface area contributed by atoms with Gasteiger partial charge in [0.15, 0.2) is 11.6 Å². The second-order valence-corrected chi connectivity index (χ2v) is 5.71. The number of ether oxygens (including phenoxy) is 1. The van der Waals surface area contributed by atoms with Crippen molar-refractivity contribution in [3.8, 4) is 22.8 Å². The lowest BCUT2D eigenvalue weighted by Gasteiger charge is -2.07. The first-order valence-corrected chi connectivity index (χ1v) is 8.23. The van der Waals surface area contributed by atoms with Gasteiger partial charge in [0.2, 0.25) is 5.91 Å². The second kappa shape index (κ2) is 7.81. The number of benzene rings is 1. The van der Waals surface area contributed by atoms with Crippen molar-refractivity contribution in [1.82, 2.24) is 24.6 Å². The molecule has 2 heterocycles. The van der Waals surface area contributed by atoms with Crippen molar-refractivity contribution in [2.75, 3.05) is 14.2 Å². The Labute approximate surface area is 150 Å². The van der Waals surface area contributed by atoms with Gasteiger partial charge in [0.1, 0.15) is 5.82 Å². The van der Waals surface area contributed by atoms with Crippen LogP contribution in [0.4, 0.5) is 4.39 Å². The molecule has 1 amide bonds. The zero-order valence-electron chi connectivity index (χ0n) is 14.6. The quantitative estimate of drug-likeness (QED) is 0.705. The molecule has 0 spiro atoms. The molecule has 0 saturated heterocycles. The fourth-order valence-electron chi connectivity index (χ4n) is 2.66. The second-order valence-electron chi connectivity index (χ2n) is 5.71. The van der Waals surface area contributed by atoms with Crippen LogP contribution in [0.25, 0.3) is 17.1 Å². The van der Waals surface area contributed by atoms with E-state index < -0.39 is 5.82 Å². The van der Waals surface area contributed by atoms with Gasteiger partial charge in [-0.15, -0.1) is 0 Å². The molecule has 3 rings (SSSR count). The van der Waals surface area contributed by atoms with Crippen LogP contribution >= 0.6 is 0 Å². The summed E-state index contributed by atoms with van der Waals surface area (Å²) < 4.78 is 22.6. The Bertz CT molecular complexity index is 903. The van der Waals surface area contributed by atoms with E-state index >= 15 is 0 Å². The van der Waals surface area contributed by atoms with Gasteiger partial charge in [0.05, 0.1) is 19.0 Å². The van der Waals surface area contributed by atoms with Crippen LogP contribution in [-0.2, 0) is 11.3 Å². The number of aromatic nitrogens is 4. The van der Waals surface area contributed by atoms with Crippen LogP contribution in [-0.4, -0.2) is 39.4 Å². The van der Waals surface area contributed by atoms with Gasteiger partial charge in [-0.2, -0.15) is 5.10 Å². The fraction of sp³-hybridized carbons (Fsp3) is 0.278. The predicted molar refractivity (Wildman–Crippen MR) is 94.6 cm³/mol. The smallest absolute Gasteiger partial charge is 0.219 e. The highest BCUT2D eigenvalue weighted by atomic mass is 19.1. The van der Waals surface area contributed by atoms with Crippen LogP contribution in [0, 0.1) is 5.82 Å². The summed E-state index contributed by atoms with van der Waals surface area (Å²) in [4.78, 5) is 15.6. The summed E-state index contributed by atoms with van der Waals surface area (Å²) in [5, 5.41) is 6.91. The molecule has 8 heteroatoms. The van der Waals surface area contributed by atoms with Crippen LogP contribution in [0.5, 0.6) is 5.75 Å². The number of amides is 1. The van der Waals surface area contributed by atoms with Crippen LogP contribution in [0.2, 0.25) is 0 Å². The van der Waals surface area contributed by atoms with Gasteiger partial charge in [0.25, 0.3) is 0 Å². The van der Waals surface area contributed by atoms with Gasteiger partial charge >= 0.3 is 0 Å². The number of rotatable bonds is 7. The van der Waals surface area contributed by atoms with E-state index in [-0.39, 0.29) is 11.7 Å². The number of nitrogens with zero attached hydrogens (tertiary/aromatic N) is 4. The summed E-state index contributed by atoms with van der Waals surface area (Å²) in [5.41, 5.74) is 1.45. The van der Waals surface area contributed by atoms with Crippen molar-refractivity contribution in [3.05, 3.63) is 48.8 Å². The predicted octanol–water partition coefficient (Wildman–Crippen LogP) is 2.41. The van der Waals surface area contributed by atoms with E-state index in [9.17, 15) is 9.18 Å².